The fraction of sp³-hybridized carbons (Fsp3) is 0.900. The molecule has 0 aliphatic rings. The van der Waals surface area contributed by atoms with Crippen molar-refractivity contribution in [2.45, 2.75) is 27.2 Å². The molecule has 0 saturated heterocycles. The first-order chi connectivity index (χ1) is 6.06. The van der Waals surface area contributed by atoms with Gasteiger partial charge in [-0.15, -0.1) is 0 Å². The molecular weight excluding hydrogens is 162 g/mol. The molecule has 0 fully saturated rings. The van der Waals surface area contributed by atoms with Crippen molar-refractivity contribution in [2.24, 2.45) is 11.0 Å². The van der Waals surface area contributed by atoms with Crippen LogP contribution in [0.15, 0.2) is 5.10 Å². The number of hydrogen-bond acceptors (Lipinski definition) is 3. The predicted molar refractivity (Wildman–Crippen MR) is 59.1 cm³/mol. The van der Waals surface area contributed by atoms with E-state index < -0.39 is 0 Å². The van der Waals surface area contributed by atoms with Crippen molar-refractivity contribution in [3.63, 3.8) is 0 Å². The average molecular weight is 185 g/mol. The van der Waals surface area contributed by atoms with Gasteiger partial charge >= 0.3 is 0 Å². The van der Waals surface area contributed by atoms with Gasteiger partial charge in [-0.05, 0) is 26.3 Å². The number of likely N-dealkylation sites (N-methyl/N-ethyl adjacent to an activating group) is 2. The minimum atomic E-state index is 0.696. The van der Waals surface area contributed by atoms with Gasteiger partial charge in [-0.1, -0.05) is 13.8 Å². The lowest BCUT2D eigenvalue weighted by Crippen LogP contribution is -2.24. The zero-order chi connectivity index (χ0) is 10.3. The Balaban J connectivity index is 3.76. The third-order valence-electron chi connectivity index (χ3n) is 1.73. The van der Waals surface area contributed by atoms with E-state index in [1.807, 2.05) is 19.1 Å². The van der Waals surface area contributed by atoms with Crippen LogP contribution in [0.5, 0.6) is 0 Å². The van der Waals surface area contributed by atoms with Crippen LogP contribution >= 0.6 is 0 Å². The Kier molecular flexibility index (Phi) is 6.59. The van der Waals surface area contributed by atoms with E-state index in [0.717, 1.165) is 19.5 Å². The zero-order valence-electron chi connectivity index (χ0n) is 9.59. The molecule has 0 spiro atoms. The van der Waals surface area contributed by atoms with Gasteiger partial charge in [0.1, 0.15) is 0 Å². The topological polar surface area (TPSA) is 27.6 Å². The van der Waals surface area contributed by atoms with Crippen LogP contribution in [0.2, 0.25) is 0 Å². The Morgan fingerprint density at radius 2 is 2.08 bits per heavy atom. The minimum absolute atomic E-state index is 0.696. The predicted octanol–water partition coefficient (Wildman–Crippen LogP) is 1.56. The van der Waals surface area contributed by atoms with Gasteiger partial charge in [-0.25, -0.2) is 0 Å². The maximum Gasteiger partial charge on any atom is 0.0481 e. The van der Waals surface area contributed by atoms with Gasteiger partial charge < -0.3 is 5.32 Å². The maximum absolute atomic E-state index is 4.46. The summed E-state index contributed by atoms with van der Waals surface area (Å²) in [5.41, 5.74) is 1.22. The highest BCUT2D eigenvalue weighted by Gasteiger charge is 1.98. The second kappa shape index (κ2) is 6.89. The molecule has 0 saturated carbocycles. The molecule has 0 aliphatic carbocycles. The summed E-state index contributed by atoms with van der Waals surface area (Å²) < 4.78 is 0. The molecule has 0 bridgehead atoms. The lowest BCUT2D eigenvalue weighted by atomic mass is 10.1. The first-order valence-electron chi connectivity index (χ1n) is 4.96. The Morgan fingerprint density at radius 3 is 2.54 bits per heavy atom. The summed E-state index contributed by atoms with van der Waals surface area (Å²) in [5, 5.41) is 9.56. The summed E-state index contributed by atoms with van der Waals surface area (Å²) in [6.45, 7) is 8.47. The largest absolute Gasteiger partial charge is 0.318 e. The van der Waals surface area contributed by atoms with Crippen LogP contribution in [0, 0.1) is 5.92 Å². The van der Waals surface area contributed by atoms with E-state index in [1.54, 1.807) is 0 Å². The van der Waals surface area contributed by atoms with Crippen molar-refractivity contribution < 1.29 is 0 Å². The molecule has 13 heavy (non-hydrogen) atoms. The summed E-state index contributed by atoms with van der Waals surface area (Å²) >= 11 is 0. The molecule has 0 radical (unpaired) electrons. The van der Waals surface area contributed by atoms with Gasteiger partial charge in [-0.2, -0.15) is 5.10 Å². The summed E-state index contributed by atoms with van der Waals surface area (Å²) in [4.78, 5) is 0. The molecule has 3 nitrogen and oxygen atoms in total. The Hall–Kier alpha value is -0.570. The molecule has 1 N–H and O–H groups in total. The zero-order valence-corrected chi connectivity index (χ0v) is 9.59. The van der Waals surface area contributed by atoms with Gasteiger partial charge in [0.15, 0.2) is 0 Å². The summed E-state index contributed by atoms with van der Waals surface area (Å²) in [5.74, 6) is 0.696. The Bertz CT molecular complexity index is 152. The molecular formula is C10H23N3. The fourth-order valence-corrected chi connectivity index (χ4v) is 1.25. The quantitative estimate of drug-likeness (QED) is 0.502. The standard InChI is InChI=1S/C10H23N3/c1-9(2)8-10(3)12-13(5)7-6-11-4/h9,11H,6-8H2,1-5H3. The van der Waals surface area contributed by atoms with E-state index >= 15 is 0 Å². The van der Waals surface area contributed by atoms with Crippen LogP contribution < -0.4 is 5.32 Å². The molecule has 0 aromatic heterocycles. The smallest absolute Gasteiger partial charge is 0.0481 e. The van der Waals surface area contributed by atoms with E-state index in [2.05, 4.69) is 31.2 Å². The molecule has 3 heteroatoms. The van der Waals surface area contributed by atoms with Crippen LogP contribution in [0.25, 0.3) is 0 Å². The van der Waals surface area contributed by atoms with Crippen molar-refractivity contribution in [2.75, 3.05) is 27.2 Å². The minimum Gasteiger partial charge on any atom is -0.318 e. The summed E-state index contributed by atoms with van der Waals surface area (Å²) in [6, 6.07) is 0. The highest BCUT2D eigenvalue weighted by molar-refractivity contribution is 5.81. The molecule has 0 unspecified atom stereocenters. The Morgan fingerprint density at radius 1 is 1.46 bits per heavy atom. The third kappa shape index (κ3) is 7.78. The molecule has 0 aromatic rings. The molecule has 0 aliphatic heterocycles. The molecule has 0 heterocycles. The first kappa shape index (κ1) is 12.4. The number of hydrogen-bond donors (Lipinski definition) is 1. The lowest BCUT2D eigenvalue weighted by molar-refractivity contribution is 0.353. The number of hydrazone groups is 1. The van der Waals surface area contributed by atoms with Gasteiger partial charge in [-0.3, -0.25) is 5.01 Å². The van der Waals surface area contributed by atoms with E-state index in [0.29, 0.717) is 5.92 Å². The van der Waals surface area contributed by atoms with Crippen molar-refractivity contribution in [1.82, 2.24) is 10.3 Å². The van der Waals surface area contributed by atoms with Crippen LogP contribution in [-0.2, 0) is 0 Å². The highest BCUT2D eigenvalue weighted by atomic mass is 15.4. The molecule has 0 rings (SSSR count). The SMILES string of the molecule is CNCCN(C)N=C(C)CC(C)C. The van der Waals surface area contributed by atoms with Crippen LogP contribution in [0.3, 0.4) is 0 Å². The Labute approximate surface area is 82.2 Å². The molecule has 0 aromatic carbocycles. The summed E-state index contributed by atoms with van der Waals surface area (Å²) in [7, 11) is 3.97. The van der Waals surface area contributed by atoms with E-state index in [-0.39, 0.29) is 0 Å². The monoisotopic (exact) mass is 185 g/mol. The van der Waals surface area contributed by atoms with Crippen molar-refractivity contribution >= 4 is 5.71 Å². The average Bonchev–Trinajstić information content (AvgIpc) is 1.98. The van der Waals surface area contributed by atoms with Gasteiger partial charge in [0.25, 0.3) is 0 Å². The van der Waals surface area contributed by atoms with E-state index in [4.69, 9.17) is 0 Å². The number of rotatable bonds is 6. The van der Waals surface area contributed by atoms with Gasteiger partial charge in [0, 0.05) is 25.8 Å². The van der Waals surface area contributed by atoms with Crippen LogP contribution in [0.4, 0.5) is 0 Å². The summed E-state index contributed by atoms with van der Waals surface area (Å²) in [6.07, 6.45) is 1.09. The molecule has 0 atom stereocenters. The number of nitrogens with zero attached hydrogens (tertiary/aromatic N) is 2. The van der Waals surface area contributed by atoms with Crippen molar-refractivity contribution in [1.29, 1.82) is 0 Å². The van der Waals surface area contributed by atoms with Crippen LogP contribution in [-0.4, -0.2) is 37.9 Å². The molecule has 0 amide bonds. The number of nitrogens with one attached hydrogen (secondary N) is 1. The fourth-order valence-electron chi connectivity index (χ4n) is 1.25. The van der Waals surface area contributed by atoms with Gasteiger partial charge in [0.05, 0.1) is 0 Å². The van der Waals surface area contributed by atoms with Gasteiger partial charge in [0.2, 0.25) is 0 Å². The van der Waals surface area contributed by atoms with Crippen molar-refractivity contribution in [3.05, 3.63) is 0 Å². The van der Waals surface area contributed by atoms with E-state index in [9.17, 15) is 0 Å². The molecule has 78 valence electrons. The lowest BCUT2D eigenvalue weighted by Gasteiger charge is -2.14. The normalized spacial score (nSPS) is 12.3. The third-order valence-corrected chi connectivity index (χ3v) is 1.73. The second-order valence-corrected chi connectivity index (χ2v) is 3.92. The maximum atomic E-state index is 4.46. The second-order valence-electron chi connectivity index (χ2n) is 3.92. The van der Waals surface area contributed by atoms with Crippen molar-refractivity contribution in [3.8, 4) is 0 Å². The van der Waals surface area contributed by atoms with E-state index in [1.165, 1.54) is 5.71 Å². The highest BCUT2D eigenvalue weighted by Crippen LogP contribution is 2.01. The van der Waals surface area contributed by atoms with Crippen LogP contribution in [0.1, 0.15) is 27.2 Å². The first-order valence-corrected chi connectivity index (χ1v) is 4.96.